The van der Waals surface area contributed by atoms with Gasteiger partial charge in [-0.2, -0.15) is 18.3 Å². The van der Waals surface area contributed by atoms with Gasteiger partial charge in [0.05, 0.1) is 19.4 Å². The lowest BCUT2D eigenvalue weighted by Gasteiger charge is -2.32. The summed E-state index contributed by atoms with van der Waals surface area (Å²) in [5.74, 6) is 0.478. The van der Waals surface area contributed by atoms with Crippen molar-refractivity contribution in [2.45, 2.75) is 24.7 Å². The Kier molecular flexibility index (Phi) is 4.69. The lowest BCUT2D eigenvalue weighted by atomic mass is 10.0. The molecule has 0 aliphatic carbocycles. The molecule has 2 aromatic heterocycles. The van der Waals surface area contributed by atoms with Crippen LogP contribution in [0.2, 0.25) is 0 Å². The first-order valence-corrected chi connectivity index (χ1v) is 8.77. The summed E-state index contributed by atoms with van der Waals surface area (Å²) < 4.78 is 52.0. The van der Waals surface area contributed by atoms with Crippen molar-refractivity contribution in [3.63, 3.8) is 0 Å². The summed E-state index contributed by atoms with van der Waals surface area (Å²) in [5.41, 5.74) is 0.341. The molecule has 10 heteroatoms. The van der Waals surface area contributed by atoms with Crippen LogP contribution in [-0.4, -0.2) is 29.0 Å². The van der Waals surface area contributed by atoms with Crippen molar-refractivity contribution in [2.75, 3.05) is 17.7 Å². The minimum atomic E-state index is -4.53. The summed E-state index contributed by atoms with van der Waals surface area (Å²) in [5, 5.41) is 9.49. The number of nitrogens with zero attached hydrogens (tertiary/aromatic N) is 2. The van der Waals surface area contributed by atoms with Crippen molar-refractivity contribution in [1.82, 2.24) is 9.78 Å². The third-order valence-corrected chi connectivity index (χ3v) is 4.66. The Bertz CT molecular complexity index is 997. The monoisotopic (exact) mass is 406 g/mol. The molecule has 1 aliphatic heterocycles. The van der Waals surface area contributed by atoms with Crippen LogP contribution in [0.1, 0.15) is 34.8 Å². The number of furan rings is 1. The summed E-state index contributed by atoms with van der Waals surface area (Å²) >= 11 is 0. The van der Waals surface area contributed by atoms with E-state index in [0.29, 0.717) is 17.2 Å². The summed E-state index contributed by atoms with van der Waals surface area (Å²) in [6, 6.07) is 8.51. The highest BCUT2D eigenvalue weighted by Gasteiger charge is 2.47. The van der Waals surface area contributed by atoms with Gasteiger partial charge in [0.1, 0.15) is 17.3 Å². The number of halogens is 3. The number of methoxy groups -OCH3 is 1. The van der Waals surface area contributed by atoms with Crippen LogP contribution in [0.4, 0.5) is 24.7 Å². The zero-order valence-corrected chi connectivity index (χ0v) is 15.2. The lowest BCUT2D eigenvalue weighted by Crippen LogP contribution is -2.35. The number of anilines is 2. The Morgan fingerprint density at radius 1 is 1.31 bits per heavy atom. The van der Waals surface area contributed by atoms with E-state index in [2.05, 4.69) is 15.7 Å². The molecule has 0 saturated carbocycles. The SMILES string of the molecule is COc1ccc(NC(=O)c2cc3n(n2)[C@H](C(F)(F)F)C[C@H](c2ccco2)N3)cc1. The van der Waals surface area contributed by atoms with E-state index < -0.39 is 24.2 Å². The van der Waals surface area contributed by atoms with Crippen molar-refractivity contribution >= 4 is 17.4 Å². The van der Waals surface area contributed by atoms with Gasteiger partial charge in [-0.25, -0.2) is 4.68 Å². The molecule has 7 nitrogen and oxygen atoms in total. The highest BCUT2D eigenvalue weighted by molar-refractivity contribution is 6.03. The molecular formula is C19H17F3N4O3. The molecule has 0 saturated heterocycles. The zero-order chi connectivity index (χ0) is 20.6. The largest absolute Gasteiger partial charge is 0.497 e. The van der Waals surface area contributed by atoms with Gasteiger partial charge in [0.2, 0.25) is 0 Å². The minimum Gasteiger partial charge on any atom is -0.497 e. The second-order valence-electron chi connectivity index (χ2n) is 6.55. The molecule has 0 radical (unpaired) electrons. The number of hydrogen-bond acceptors (Lipinski definition) is 5. The first-order valence-electron chi connectivity index (χ1n) is 8.77. The maximum Gasteiger partial charge on any atom is 0.410 e. The molecule has 2 N–H and O–H groups in total. The first kappa shape index (κ1) is 18.9. The molecule has 3 aromatic rings. The van der Waals surface area contributed by atoms with Crippen molar-refractivity contribution in [2.24, 2.45) is 0 Å². The third kappa shape index (κ3) is 3.78. The van der Waals surface area contributed by atoms with Gasteiger partial charge in [-0.1, -0.05) is 0 Å². The number of alkyl halides is 3. The molecule has 152 valence electrons. The van der Waals surface area contributed by atoms with Crippen LogP contribution in [0.3, 0.4) is 0 Å². The number of carbonyl (C=O) groups is 1. The van der Waals surface area contributed by atoms with Gasteiger partial charge in [-0.05, 0) is 36.4 Å². The molecule has 2 atom stereocenters. The Morgan fingerprint density at radius 3 is 2.69 bits per heavy atom. The number of ether oxygens (including phenoxy) is 1. The van der Waals surface area contributed by atoms with E-state index in [1.165, 1.54) is 19.4 Å². The number of hydrogen-bond donors (Lipinski definition) is 2. The number of amides is 1. The van der Waals surface area contributed by atoms with Gasteiger partial charge in [0.25, 0.3) is 5.91 Å². The van der Waals surface area contributed by atoms with Gasteiger partial charge >= 0.3 is 6.18 Å². The van der Waals surface area contributed by atoms with E-state index in [4.69, 9.17) is 9.15 Å². The average Bonchev–Trinajstić information content (AvgIpc) is 3.36. The van der Waals surface area contributed by atoms with Crippen LogP contribution >= 0.6 is 0 Å². The number of fused-ring (bicyclic) bond motifs is 1. The smallest absolute Gasteiger partial charge is 0.410 e. The summed E-state index contributed by atoms with van der Waals surface area (Å²) in [6.45, 7) is 0. The van der Waals surface area contributed by atoms with E-state index in [1.54, 1.807) is 36.4 Å². The summed E-state index contributed by atoms with van der Waals surface area (Å²) in [6.07, 6.45) is -3.43. The average molecular weight is 406 g/mol. The van der Waals surface area contributed by atoms with Crippen molar-refractivity contribution in [3.05, 3.63) is 60.2 Å². The Labute approximate surface area is 163 Å². The van der Waals surface area contributed by atoms with E-state index in [9.17, 15) is 18.0 Å². The number of aromatic nitrogens is 2. The number of rotatable bonds is 4. The molecule has 0 bridgehead atoms. The van der Waals surface area contributed by atoms with Crippen molar-refractivity contribution < 1.29 is 27.1 Å². The second kappa shape index (κ2) is 7.19. The molecule has 1 aliphatic rings. The van der Waals surface area contributed by atoms with Crippen molar-refractivity contribution in [3.8, 4) is 5.75 Å². The Hall–Kier alpha value is -3.43. The van der Waals surface area contributed by atoms with Crippen molar-refractivity contribution in [1.29, 1.82) is 0 Å². The zero-order valence-electron chi connectivity index (χ0n) is 15.2. The molecule has 0 spiro atoms. The number of nitrogens with one attached hydrogen (secondary N) is 2. The van der Waals surface area contributed by atoms with Gasteiger partial charge < -0.3 is 19.8 Å². The van der Waals surface area contributed by atoms with Crippen LogP contribution in [0.15, 0.2) is 53.1 Å². The molecule has 0 fully saturated rings. The van der Waals surface area contributed by atoms with E-state index in [0.717, 1.165) is 4.68 Å². The topological polar surface area (TPSA) is 81.3 Å². The second-order valence-corrected chi connectivity index (χ2v) is 6.55. The fourth-order valence-corrected chi connectivity index (χ4v) is 3.23. The molecule has 1 amide bonds. The van der Waals surface area contributed by atoms with Gasteiger partial charge in [-0.3, -0.25) is 4.79 Å². The molecule has 4 rings (SSSR count). The first-order chi connectivity index (χ1) is 13.8. The lowest BCUT2D eigenvalue weighted by molar-refractivity contribution is -0.174. The maximum atomic E-state index is 13.6. The molecule has 3 heterocycles. The summed E-state index contributed by atoms with van der Waals surface area (Å²) in [7, 11) is 1.52. The normalized spacial score (nSPS) is 18.6. The maximum absolute atomic E-state index is 13.6. The van der Waals surface area contributed by atoms with Gasteiger partial charge in [-0.15, -0.1) is 0 Å². The number of benzene rings is 1. The van der Waals surface area contributed by atoms with Crippen LogP contribution in [0.5, 0.6) is 5.75 Å². The van der Waals surface area contributed by atoms with Crippen LogP contribution in [0.25, 0.3) is 0 Å². The fourth-order valence-electron chi connectivity index (χ4n) is 3.23. The minimum absolute atomic E-state index is 0.0971. The Morgan fingerprint density at radius 2 is 2.07 bits per heavy atom. The predicted octanol–water partition coefficient (Wildman–Crippen LogP) is 4.40. The van der Waals surface area contributed by atoms with E-state index >= 15 is 0 Å². The highest BCUT2D eigenvalue weighted by atomic mass is 19.4. The van der Waals surface area contributed by atoms with E-state index in [1.807, 2.05) is 0 Å². The van der Waals surface area contributed by atoms with E-state index in [-0.39, 0.29) is 17.9 Å². The summed E-state index contributed by atoms with van der Waals surface area (Å²) in [4.78, 5) is 12.5. The van der Waals surface area contributed by atoms with Crippen LogP contribution < -0.4 is 15.4 Å². The third-order valence-electron chi connectivity index (χ3n) is 4.66. The predicted molar refractivity (Wildman–Crippen MR) is 98.0 cm³/mol. The molecule has 0 unspecified atom stereocenters. The van der Waals surface area contributed by atoms with Gasteiger partial charge in [0.15, 0.2) is 11.7 Å². The van der Waals surface area contributed by atoms with Crippen LogP contribution in [-0.2, 0) is 0 Å². The number of carbonyl (C=O) groups excluding carboxylic acids is 1. The molecule has 1 aromatic carbocycles. The molecular weight excluding hydrogens is 389 g/mol. The van der Waals surface area contributed by atoms with Gasteiger partial charge in [0, 0.05) is 18.2 Å². The highest BCUT2D eigenvalue weighted by Crippen LogP contribution is 2.43. The Balaban J connectivity index is 1.60. The van der Waals surface area contributed by atoms with Crippen LogP contribution in [0, 0.1) is 0 Å². The fraction of sp³-hybridized carbons (Fsp3) is 0.263. The molecule has 29 heavy (non-hydrogen) atoms. The standard InChI is InChI=1S/C19H17F3N4O3/c1-28-12-6-4-11(5-7-12)23-18(27)14-10-17-24-13(15-3-2-8-29-15)9-16(19(20,21)22)26(17)25-14/h2-8,10,13,16,24H,9H2,1H3,(H,23,27)/t13-,16+/m1/s1. The quantitative estimate of drug-likeness (QED) is 0.671.